The molecule has 3 aromatic carbocycles. The number of halogens is 9. The third-order valence-corrected chi connectivity index (χ3v) is 5.55. The molecule has 0 saturated heterocycles. The maximum absolute atomic E-state index is 13.2. The topological polar surface area (TPSA) is 56.1 Å². The van der Waals surface area contributed by atoms with Crippen LogP contribution in [0.1, 0.15) is 27.2 Å². The highest BCUT2D eigenvalue weighted by Crippen LogP contribution is 2.38. The van der Waals surface area contributed by atoms with Crippen LogP contribution in [0, 0.1) is 0 Å². The molecule has 210 valence electrons. The Morgan fingerprint density at radius 1 is 0.775 bits per heavy atom. The number of aromatic nitrogens is 2. The van der Waals surface area contributed by atoms with Crippen molar-refractivity contribution in [1.29, 1.82) is 0 Å². The highest BCUT2D eigenvalue weighted by molar-refractivity contribution is 5.93. The summed E-state index contributed by atoms with van der Waals surface area (Å²) >= 11 is 0. The van der Waals surface area contributed by atoms with Gasteiger partial charge in [0.1, 0.15) is 11.4 Å². The van der Waals surface area contributed by atoms with E-state index in [1.54, 1.807) is 0 Å². The Bertz CT molecular complexity index is 1460. The molecule has 4 rings (SSSR count). The monoisotopic (exact) mass is 573 g/mol. The predicted molar refractivity (Wildman–Crippen MR) is 123 cm³/mol. The molecular formula is C26H16F9N3O2. The summed E-state index contributed by atoms with van der Waals surface area (Å²) in [7, 11) is 0. The first-order valence-electron chi connectivity index (χ1n) is 11.2. The molecule has 0 aliphatic rings. The Kier molecular flexibility index (Phi) is 7.55. The van der Waals surface area contributed by atoms with Crippen molar-refractivity contribution in [3.05, 3.63) is 102 Å². The summed E-state index contributed by atoms with van der Waals surface area (Å²) in [6.07, 6.45) is -12.3. The Balaban J connectivity index is 1.51. The number of amides is 1. The Morgan fingerprint density at radius 2 is 1.35 bits per heavy atom. The summed E-state index contributed by atoms with van der Waals surface area (Å²) in [5.41, 5.74) is -2.27. The first-order valence-corrected chi connectivity index (χ1v) is 11.2. The summed E-state index contributed by atoms with van der Waals surface area (Å²) in [5, 5.41) is 2.58. The molecule has 1 aromatic heterocycles. The molecule has 1 amide bonds. The van der Waals surface area contributed by atoms with Crippen molar-refractivity contribution in [2.75, 3.05) is 0 Å². The standard InChI is InChI=1S/C26H16F9N3O2/c27-24(28,29)18-9-17(10-19(11-18)25(30,31)32)16-3-5-20(6-4-16)38-14-36-13-22(38)23(39)37-12-15-1-7-21(8-2-15)40-26(33,34)35/h1-11,13-14H,12H2,(H,37,39). The van der Waals surface area contributed by atoms with Gasteiger partial charge in [-0.3, -0.25) is 9.36 Å². The van der Waals surface area contributed by atoms with Gasteiger partial charge in [0.25, 0.3) is 5.91 Å². The van der Waals surface area contributed by atoms with Crippen LogP contribution in [0.15, 0.2) is 79.3 Å². The molecule has 14 heteroatoms. The van der Waals surface area contributed by atoms with Crippen LogP contribution in [-0.2, 0) is 18.9 Å². The first-order chi connectivity index (χ1) is 18.6. The van der Waals surface area contributed by atoms with Gasteiger partial charge in [0.05, 0.1) is 23.7 Å². The van der Waals surface area contributed by atoms with E-state index in [9.17, 15) is 44.3 Å². The van der Waals surface area contributed by atoms with Crippen LogP contribution < -0.4 is 10.1 Å². The van der Waals surface area contributed by atoms with Crippen molar-refractivity contribution in [2.45, 2.75) is 25.3 Å². The van der Waals surface area contributed by atoms with E-state index < -0.39 is 41.5 Å². The second-order valence-electron chi connectivity index (χ2n) is 8.36. The highest BCUT2D eigenvalue weighted by atomic mass is 19.4. The number of ether oxygens (including phenoxy) is 1. The van der Waals surface area contributed by atoms with E-state index in [-0.39, 0.29) is 29.4 Å². The van der Waals surface area contributed by atoms with Gasteiger partial charge in [-0.25, -0.2) is 4.98 Å². The molecule has 0 radical (unpaired) electrons. The van der Waals surface area contributed by atoms with E-state index in [1.807, 2.05) is 0 Å². The minimum Gasteiger partial charge on any atom is -0.406 e. The molecule has 5 nitrogen and oxygen atoms in total. The van der Waals surface area contributed by atoms with E-state index in [1.165, 1.54) is 53.5 Å². The molecule has 1 heterocycles. The molecule has 0 aliphatic carbocycles. The minimum atomic E-state index is -4.99. The second kappa shape index (κ2) is 10.6. The van der Waals surface area contributed by atoms with Crippen molar-refractivity contribution in [3.63, 3.8) is 0 Å². The van der Waals surface area contributed by atoms with Crippen LogP contribution in [0.5, 0.6) is 5.75 Å². The van der Waals surface area contributed by atoms with Crippen LogP contribution in [0.4, 0.5) is 39.5 Å². The summed E-state index contributed by atoms with van der Waals surface area (Å²) in [6.45, 7) is -0.0493. The lowest BCUT2D eigenvalue weighted by atomic mass is 9.99. The molecule has 0 saturated carbocycles. The third-order valence-electron chi connectivity index (χ3n) is 5.55. The van der Waals surface area contributed by atoms with Crippen molar-refractivity contribution in [1.82, 2.24) is 14.9 Å². The summed E-state index contributed by atoms with van der Waals surface area (Å²) in [4.78, 5) is 16.6. The molecule has 0 fully saturated rings. The average Bonchev–Trinajstić information content (AvgIpc) is 3.36. The van der Waals surface area contributed by atoms with Gasteiger partial charge in [-0.15, -0.1) is 13.2 Å². The van der Waals surface area contributed by atoms with E-state index in [0.29, 0.717) is 23.4 Å². The minimum absolute atomic E-state index is 0.0406. The summed E-state index contributed by atoms with van der Waals surface area (Å²) in [5.74, 6) is -1.03. The Hall–Kier alpha value is -4.49. The molecule has 0 aliphatic heterocycles. The maximum atomic E-state index is 13.2. The molecule has 4 aromatic rings. The quantitative estimate of drug-likeness (QED) is 0.245. The molecule has 0 bridgehead atoms. The van der Waals surface area contributed by atoms with Gasteiger partial charge in [0.2, 0.25) is 0 Å². The fourth-order valence-corrected chi connectivity index (χ4v) is 3.69. The van der Waals surface area contributed by atoms with Crippen LogP contribution in [-0.4, -0.2) is 21.8 Å². The number of carbonyl (C=O) groups excluding carboxylic acids is 1. The molecule has 1 N–H and O–H groups in total. The fourth-order valence-electron chi connectivity index (χ4n) is 3.69. The van der Waals surface area contributed by atoms with E-state index in [4.69, 9.17) is 0 Å². The van der Waals surface area contributed by atoms with E-state index in [2.05, 4.69) is 15.0 Å². The first kappa shape index (κ1) is 28.5. The molecular weight excluding hydrogens is 557 g/mol. The molecule has 40 heavy (non-hydrogen) atoms. The molecule has 0 spiro atoms. The van der Waals surface area contributed by atoms with Crippen molar-refractivity contribution in [3.8, 4) is 22.6 Å². The highest BCUT2D eigenvalue weighted by Gasteiger charge is 2.37. The normalized spacial score (nSPS) is 12.3. The average molecular weight is 573 g/mol. The SMILES string of the molecule is O=C(NCc1ccc(OC(F)(F)F)cc1)c1cncn1-c1ccc(-c2cc(C(F)(F)F)cc(C(F)(F)F)c2)cc1. The number of hydrogen-bond donors (Lipinski definition) is 1. The maximum Gasteiger partial charge on any atom is 0.573 e. The van der Waals surface area contributed by atoms with Gasteiger partial charge >= 0.3 is 18.7 Å². The number of nitrogens with one attached hydrogen (secondary N) is 1. The largest absolute Gasteiger partial charge is 0.573 e. The number of benzene rings is 3. The zero-order valence-corrected chi connectivity index (χ0v) is 19.8. The van der Waals surface area contributed by atoms with Crippen molar-refractivity contribution in [2.24, 2.45) is 0 Å². The number of carbonyl (C=O) groups is 1. The zero-order chi connectivity index (χ0) is 29.3. The number of hydrogen-bond acceptors (Lipinski definition) is 3. The van der Waals surface area contributed by atoms with Gasteiger partial charge < -0.3 is 10.1 Å². The summed E-state index contributed by atoms with van der Waals surface area (Å²) < 4.78 is 121. The van der Waals surface area contributed by atoms with Gasteiger partial charge in [-0.05, 0) is 59.2 Å². The van der Waals surface area contributed by atoms with Gasteiger partial charge in [0, 0.05) is 12.2 Å². The lowest BCUT2D eigenvalue weighted by molar-refractivity contribution is -0.274. The predicted octanol–water partition coefficient (Wildman–Crippen LogP) is 7.41. The van der Waals surface area contributed by atoms with E-state index >= 15 is 0 Å². The van der Waals surface area contributed by atoms with E-state index in [0.717, 1.165) is 12.1 Å². The second-order valence-corrected chi connectivity index (χ2v) is 8.36. The van der Waals surface area contributed by atoms with Crippen LogP contribution in [0.2, 0.25) is 0 Å². The zero-order valence-electron chi connectivity index (χ0n) is 19.8. The molecule has 0 atom stereocenters. The fraction of sp³-hybridized carbons (Fsp3) is 0.154. The van der Waals surface area contributed by atoms with Crippen LogP contribution in [0.3, 0.4) is 0 Å². The number of alkyl halides is 9. The van der Waals surface area contributed by atoms with Crippen molar-refractivity contribution < 1.29 is 49.0 Å². The smallest absolute Gasteiger partial charge is 0.406 e. The van der Waals surface area contributed by atoms with Crippen LogP contribution >= 0.6 is 0 Å². The Morgan fingerprint density at radius 3 is 1.88 bits per heavy atom. The number of imidazole rings is 1. The lowest BCUT2D eigenvalue weighted by Gasteiger charge is -2.15. The van der Waals surface area contributed by atoms with Crippen molar-refractivity contribution >= 4 is 5.91 Å². The number of nitrogens with zero attached hydrogens (tertiary/aromatic N) is 2. The van der Waals surface area contributed by atoms with Gasteiger partial charge in [-0.2, -0.15) is 26.3 Å². The van der Waals surface area contributed by atoms with Gasteiger partial charge in [-0.1, -0.05) is 24.3 Å². The summed E-state index contributed by atoms with van der Waals surface area (Å²) in [6, 6.07) is 11.5. The number of rotatable bonds is 6. The van der Waals surface area contributed by atoms with Gasteiger partial charge in [0.15, 0.2) is 0 Å². The Labute approximate surface area is 219 Å². The lowest BCUT2D eigenvalue weighted by Crippen LogP contribution is -2.25. The third kappa shape index (κ3) is 6.93. The van der Waals surface area contributed by atoms with Crippen LogP contribution in [0.25, 0.3) is 16.8 Å². The molecule has 0 unspecified atom stereocenters.